The van der Waals surface area contributed by atoms with E-state index in [-0.39, 0.29) is 0 Å². The molecule has 77 valence electrons. The fourth-order valence-corrected chi connectivity index (χ4v) is 0.928. The van der Waals surface area contributed by atoms with Gasteiger partial charge in [0.2, 0.25) is 0 Å². The van der Waals surface area contributed by atoms with Gasteiger partial charge < -0.3 is 0 Å². The average molecular weight is 189 g/mol. The minimum atomic E-state index is 0.852. The Morgan fingerprint density at radius 3 is 2.00 bits per heavy atom. The molecule has 0 N–H and O–H groups in total. The lowest BCUT2D eigenvalue weighted by atomic mass is 10.2. The highest BCUT2D eigenvalue weighted by molar-refractivity contribution is 5.15. The van der Waals surface area contributed by atoms with Gasteiger partial charge in [0.25, 0.3) is 0 Å². The van der Waals surface area contributed by atoms with Crippen molar-refractivity contribution in [1.82, 2.24) is 0 Å². The van der Waals surface area contributed by atoms with Gasteiger partial charge in [-0.2, -0.15) is 0 Å². The molecule has 0 unspecified atom stereocenters. The van der Waals surface area contributed by atoms with Crippen molar-refractivity contribution in [2.24, 2.45) is 0 Å². The second-order valence-electron chi connectivity index (χ2n) is 3.06. The summed E-state index contributed by atoms with van der Waals surface area (Å²) in [7, 11) is 0. The number of hydrogen-bond acceptors (Lipinski definition) is 0. The highest BCUT2D eigenvalue weighted by atomic mass is 13.8. The van der Waals surface area contributed by atoms with E-state index in [0.29, 0.717) is 0 Å². The van der Waals surface area contributed by atoms with Crippen LogP contribution >= 0.6 is 0 Å². The van der Waals surface area contributed by atoms with E-state index in [1.165, 1.54) is 19.3 Å². The van der Waals surface area contributed by atoms with Gasteiger partial charge in [-0.15, -0.1) is 0 Å². The summed E-state index contributed by atoms with van der Waals surface area (Å²) in [6, 6.07) is 0. The molecule has 0 nitrogen and oxygen atoms in total. The van der Waals surface area contributed by atoms with Crippen molar-refractivity contribution in [3.05, 3.63) is 55.5 Å². The maximum absolute atomic E-state index is 3.71. The third-order valence-corrected chi connectivity index (χ3v) is 1.72. The molecule has 0 aromatic heterocycles. The van der Waals surface area contributed by atoms with Gasteiger partial charge in [-0.3, -0.25) is 0 Å². The summed E-state index contributed by atoms with van der Waals surface area (Å²) in [5, 5.41) is 0. The van der Waals surface area contributed by atoms with Crippen molar-refractivity contribution in [2.45, 2.75) is 32.6 Å². The largest absolute Gasteiger partial charge is 0.0845 e. The zero-order valence-electron chi connectivity index (χ0n) is 9.15. The van der Waals surface area contributed by atoms with Gasteiger partial charge in [0, 0.05) is 0 Å². The first-order chi connectivity index (χ1) is 6.91. The lowest BCUT2D eigenvalue weighted by molar-refractivity contribution is 0.815. The maximum atomic E-state index is 3.71. The van der Waals surface area contributed by atoms with Crippen molar-refractivity contribution in [1.29, 1.82) is 0 Å². The zero-order chi connectivity index (χ0) is 10.5. The van der Waals surface area contributed by atoms with Gasteiger partial charge >= 0.3 is 0 Å². The molecule has 0 heterocycles. The van der Waals surface area contributed by atoms with E-state index in [0.717, 1.165) is 6.42 Å². The molecule has 0 fully saturated rings. The molecule has 0 heteroatoms. The lowest BCUT2D eigenvalue weighted by Gasteiger charge is -1.85. The van der Waals surface area contributed by atoms with Gasteiger partial charge in [0.1, 0.15) is 0 Å². The van der Waals surface area contributed by atoms with Crippen LogP contribution in [0.4, 0.5) is 0 Å². The van der Waals surface area contributed by atoms with Gasteiger partial charge in [0.05, 0.1) is 0 Å². The van der Waals surface area contributed by atoms with Crippen LogP contribution < -0.4 is 0 Å². The van der Waals surface area contributed by atoms with Crippen LogP contribution in [0, 0.1) is 6.92 Å². The van der Waals surface area contributed by atoms with Crippen molar-refractivity contribution in [3.8, 4) is 0 Å². The Bertz CT molecular complexity index is 204. The molecule has 0 amide bonds. The van der Waals surface area contributed by atoms with E-state index in [1.807, 2.05) is 30.4 Å². The summed E-state index contributed by atoms with van der Waals surface area (Å²) in [6.45, 7) is 5.92. The molecule has 0 rings (SSSR count). The first kappa shape index (κ1) is 13.0. The maximum Gasteiger partial charge on any atom is -0.0347 e. The van der Waals surface area contributed by atoms with Gasteiger partial charge in [-0.05, 0) is 19.8 Å². The minimum Gasteiger partial charge on any atom is -0.0845 e. The Kier molecular flexibility index (Phi) is 11.1. The monoisotopic (exact) mass is 189 g/mol. The standard InChI is InChI=1S/C14H21/c1-3-5-7-9-11-13-14-12-10-8-6-4-2/h5,7,9-14H,1,3-4,6,8H2,2H3. The Morgan fingerprint density at radius 1 is 0.857 bits per heavy atom. The average Bonchev–Trinajstić information content (AvgIpc) is 2.21. The molecular weight excluding hydrogens is 168 g/mol. The van der Waals surface area contributed by atoms with Crippen molar-refractivity contribution in [2.75, 3.05) is 0 Å². The van der Waals surface area contributed by atoms with Crippen LogP contribution in [0.3, 0.4) is 0 Å². The van der Waals surface area contributed by atoms with Gasteiger partial charge in [0.15, 0.2) is 0 Å². The van der Waals surface area contributed by atoms with E-state index in [2.05, 4.69) is 32.1 Å². The van der Waals surface area contributed by atoms with Crippen LogP contribution in [0.25, 0.3) is 0 Å². The summed E-state index contributed by atoms with van der Waals surface area (Å²) >= 11 is 0. The predicted molar refractivity (Wildman–Crippen MR) is 66.1 cm³/mol. The number of unbranched alkanes of at least 4 members (excludes halogenated alkanes) is 2. The summed E-state index contributed by atoms with van der Waals surface area (Å²) in [5.74, 6) is 0. The fraction of sp³-hybridized carbons (Fsp3) is 0.357. The number of hydrogen-bond donors (Lipinski definition) is 0. The van der Waals surface area contributed by atoms with Crippen LogP contribution in [-0.2, 0) is 0 Å². The molecular formula is C14H21. The number of rotatable bonds is 7. The molecule has 0 aliphatic heterocycles. The summed E-state index contributed by atoms with van der Waals surface area (Å²) < 4.78 is 0. The smallest absolute Gasteiger partial charge is 0.0347 e. The van der Waals surface area contributed by atoms with Gasteiger partial charge in [-0.25, -0.2) is 0 Å². The van der Waals surface area contributed by atoms with Crippen LogP contribution in [0.5, 0.6) is 0 Å². The molecule has 0 spiro atoms. The van der Waals surface area contributed by atoms with Crippen LogP contribution in [0.15, 0.2) is 48.6 Å². The molecule has 0 aromatic carbocycles. The van der Waals surface area contributed by atoms with Crippen molar-refractivity contribution in [3.63, 3.8) is 0 Å². The topological polar surface area (TPSA) is 0 Å². The molecule has 0 bridgehead atoms. The Hall–Kier alpha value is -1.04. The molecule has 0 aromatic rings. The second-order valence-corrected chi connectivity index (χ2v) is 3.06. The van der Waals surface area contributed by atoms with E-state index < -0.39 is 0 Å². The summed E-state index contributed by atoms with van der Waals surface area (Å²) in [4.78, 5) is 0. The van der Waals surface area contributed by atoms with Crippen LogP contribution in [0.1, 0.15) is 32.6 Å². The predicted octanol–water partition coefficient (Wildman–Crippen LogP) is 4.63. The first-order valence-corrected chi connectivity index (χ1v) is 5.36. The zero-order valence-corrected chi connectivity index (χ0v) is 9.15. The molecule has 0 saturated heterocycles. The first-order valence-electron chi connectivity index (χ1n) is 5.36. The van der Waals surface area contributed by atoms with E-state index in [9.17, 15) is 0 Å². The Morgan fingerprint density at radius 2 is 1.43 bits per heavy atom. The Labute approximate surface area is 88.7 Å². The SMILES string of the molecule is [CH2]CC=CC=CC=CC=CCCCC. The van der Waals surface area contributed by atoms with E-state index in [1.54, 1.807) is 0 Å². The molecule has 0 saturated carbocycles. The van der Waals surface area contributed by atoms with Crippen molar-refractivity contribution >= 4 is 0 Å². The molecule has 1 radical (unpaired) electrons. The number of allylic oxidation sites excluding steroid dienone is 8. The van der Waals surface area contributed by atoms with Crippen LogP contribution in [0.2, 0.25) is 0 Å². The normalized spacial score (nSPS) is 13.0. The molecule has 0 aliphatic rings. The van der Waals surface area contributed by atoms with E-state index in [4.69, 9.17) is 0 Å². The third kappa shape index (κ3) is 11.0. The third-order valence-electron chi connectivity index (χ3n) is 1.72. The van der Waals surface area contributed by atoms with Crippen molar-refractivity contribution < 1.29 is 0 Å². The highest BCUT2D eigenvalue weighted by Crippen LogP contribution is 1.94. The molecule has 0 atom stereocenters. The highest BCUT2D eigenvalue weighted by Gasteiger charge is 1.74. The minimum absolute atomic E-state index is 0.852. The van der Waals surface area contributed by atoms with Crippen LogP contribution in [-0.4, -0.2) is 0 Å². The van der Waals surface area contributed by atoms with E-state index >= 15 is 0 Å². The Balaban J connectivity index is 3.47. The lowest BCUT2D eigenvalue weighted by Crippen LogP contribution is -1.64. The van der Waals surface area contributed by atoms with Gasteiger partial charge in [-0.1, -0.05) is 68.4 Å². The quantitative estimate of drug-likeness (QED) is 0.405. The summed E-state index contributed by atoms with van der Waals surface area (Å²) in [5.41, 5.74) is 0. The molecule has 0 aliphatic carbocycles. The fourth-order valence-electron chi connectivity index (χ4n) is 0.928. The summed E-state index contributed by atoms with van der Waals surface area (Å²) in [6.07, 6.45) is 21.1. The second kappa shape index (κ2) is 12.0. The molecule has 14 heavy (non-hydrogen) atoms.